The average molecular weight is 229 g/mol. The van der Waals surface area contributed by atoms with Crippen LogP contribution >= 0.6 is 0 Å². The van der Waals surface area contributed by atoms with E-state index in [0.29, 0.717) is 0 Å². The molecule has 4 N–H and O–H groups in total. The lowest BCUT2D eigenvalue weighted by molar-refractivity contribution is -0.0458. The van der Waals surface area contributed by atoms with E-state index in [9.17, 15) is 15.0 Å². The Morgan fingerprint density at radius 2 is 2.56 bits per heavy atom. The van der Waals surface area contributed by atoms with Gasteiger partial charge < -0.3 is 20.7 Å². The van der Waals surface area contributed by atoms with E-state index in [1.165, 1.54) is 12.3 Å². The van der Waals surface area contributed by atoms with Gasteiger partial charge in [-0.15, -0.1) is 0 Å². The highest BCUT2D eigenvalue weighted by molar-refractivity contribution is 5.23. The van der Waals surface area contributed by atoms with Crippen LogP contribution in [-0.4, -0.2) is 38.5 Å². The Morgan fingerprint density at radius 3 is 3.12 bits per heavy atom. The Balaban J connectivity index is 2.25. The predicted molar refractivity (Wildman–Crippen MR) is 54.5 cm³/mol. The molecule has 0 aromatic carbocycles. The largest absolute Gasteiger partial charge is 0.394 e. The fraction of sp³-hybridized carbons (Fsp3) is 0.556. The highest BCUT2D eigenvalue weighted by Gasteiger charge is 2.34. The second kappa shape index (κ2) is 4.20. The van der Waals surface area contributed by atoms with Crippen LogP contribution in [0, 0.1) is 0 Å². The van der Waals surface area contributed by atoms with Gasteiger partial charge in [-0.1, -0.05) is 0 Å². The molecule has 7 nitrogen and oxygen atoms in total. The number of rotatable bonds is 2. The van der Waals surface area contributed by atoms with Crippen LogP contribution in [0.25, 0.3) is 0 Å². The van der Waals surface area contributed by atoms with Crippen molar-refractivity contribution in [3.63, 3.8) is 0 Å². The maximum atomic E-state index is 11.5. The third kappa shape index (κ3) is 1.92. The van der Waals surface area contributed by atoms with Gasteiger partial charge in [-0.2, -0.15) is 4.98 Å². The van der Waals surface area contributed by atoms with E-state index in [0.717, 1.165) is 4.57 Å². The second-order valence-corrected chi connectivity index (χ2v) is 3.49. The quantitative estimate of drug-likeness (QED) is 0.567. The van der Waals surface area contributed by atoms with E-state index < -0.39 is 30.7 Å². The van der Waals surface area contributed by atoms with E-state index in [1.807, 2.05) is 0 Å². The molecule has 1 aromatic rings. The van der Waals surface area contributed by atoms with E-state index in [1.54, 1.807) is 0 Å². The molecule has 88 valence electrons. The molecule has 1 fully saturated rings. The van der Waals surface area contributed by atoms with Gasteiger partial charge in [0, 0.05) is 12.6 Å². The average Bonchev–Trinajstić information content (AvgIpc) is 2.59. The van der Waals surface area contributed by atoms with Gasteiger partial charge in [0.1, 0.15) is 18.1 Å². The molecular formula is C9H13N3O4. The van der Waals surface area contributed by atoms with Crippen LogP contribution in [0.1, 0.15) is 15.4 Å². The van der Waals surface area contributed by atoms with Crippen LogP contribution in [0.15, 0.2) is 17.1 Å². The summed E-state index contributed by atoms with van der Waals surface area (Å²) in [4.78, 5) is 15.0. The molecule has 3 atom stereocenters. The van der Waals surface area contributed by atoms with Crippen molar-refractivity contribution >= 4 is 5.82 Å². The Kier molecular flexibility index (Phi) is 2.28. The zero-order valence-electron chi connectivity index (χ0n) is 10.3. The Morgan fingerprint density at radius 1 is 1.81 bits per heavy atom. The standard InChI is InChI=1S/C9H13N3O4/c10-7-1-2-12(9(15)11-7)8-3-5(14)6(4-13)16-8/h1-2,5-6,8,13-14H,3-4H2,(H2,10,11,15)/t5-,6+,8+/m0/s1/i4D2. The van der Waals surface area contributed by atoms with Crippen molar-refractivity contribution in [1.82, 2.24) is 9.55 Å². The molecule has 0 bridgehead atoms. The molecule has 0 unspecified atom stereocenters. The minimum atomic E-state index is -2.68. The van der Waals surface area contributed by atoms with Gasteiger partial charge in [0.25, 0.3) is 0 Å². The number of anilines is 1. The Hall–Kier alpha value is -1.44. The zero-order chi connectivity index (χ0) is 13.5. The van der Waals surface area contributed by atoms with Crippen LogP contribution in [0.3, 0.4) is 0 Å². The number of nitrogens with zero attached hydrogens (tertiary/aromatic N) is 2. The van der Waals surface area contributed by atoms with Gasteiger partial charge >= 0.3 is 5.69 Å². The summed E-state index contributed by atoms with van der Waals surface area (Å²) in [5, 5.41) is 18.8. The van der Waals surface area contributed by atoms with Crippen LogP contribution < -0.4 is 11.4 Å². The zero-order valence-corrected chi connectivity index (χ0v) is 8.28. The molecule has 0 radical (unpaired) electrons. The lowest BCUT2D eigenvalue weighted by atomic mass is 10.2. The van der Waals surface area contributed by atoms with E-state index >= 15 is 0 Å². The summed E-state index contributed by atoms with van der Waals surface area (Å²) < 4.78 is 20.5. The summed E-state index contributed by atoms with van der Waals surface area (Å²) in [5.41, 5.74) is 4.67. The lowest BCUT2D eigenvalue weighted by Gasteiger charge is -2.13. The topological polar surface area (TPSA) is 111 Å². The van der Waals surface area contributed by atoms with Crippen molar-refractivity contribution in [2.45, 2.75) is 24.9 Å². The summed E-state index contributed by atoms with van der Waals surface area (Å²) >= 11 is 0. The first kappa shape index (κ1) is 8.68. The molecule has 1 aliphatic heterocycles. The van der Waals surface area contributed by atoms with Crippen molar-refractivity contribution in [1.29, 1.82) is 0 Å². The number of aliphatic hydroxyl groups is 2. The maximum absolute atomic E-state index is 11.5. The molecule has 1 aliphatic rings. The van der Waals surface area contributed by atoms with E-state index in [4.69, 9.17) is 13.2 Å². The third-order valence-corrected chi connectivity index (χ3v) is 2.39. The molecule has 16 heavy (non-hydrogen) atoms. The number of nitrogens with two attached hydrogens (primary N) is 1. The SMILES string of the molecule is [2H]C([2H])(O)[C@H]1O[C@@H](n2ccc(N)nc2=O)C[C@@H]1O. The summed E-state index contributed by atoms with van der Waals surface area (Å²) in [6.45, 7) is -2.68. The predicted octanol–water partition coefficient (Wildman–Crippen LogP) is -1.53. The second-order valence-electron chi connectivity index (χ2n) is 3.49. The fourth-order valence-electron chi connectivity index (χ4n) is 1.59. The highest BCUT2D eigenvalue weighted by atomic mass is 16.5. The number of nitrogen functional groups attached to an aromatic ring is 1. The molecule has 1 saturated heterocycles. The highest BCUT2D eigenvalue weighted by Crippen LogP contribution is 2.27. The van der Waals surface area contributed by atoms with Crippen LogP contribution in [0.2, 0.25) is 0 Å². The summed E-state index contributed by atoms with van der Waals surface area (Å²) in [7, 11) is 0. The van der Waals surface area contributed by atoms with E-state index in [-0.39, 0.29) is 12.2 Å². The number of aliphatic hydroxyl groups excluding tert-OH is 1. The summed E-state index contributed by atoms with van der Waals surface area (Å²) in [5.74, 6) is 0.0591. The Labute approximate surface area is 93.9 Å². The molecular weight excluding hydrogens is 214 g/mol. The number of hydrogen-bond donors (Lipinski definition) is 3. The van der Waals surface area contributed by atoms with Crippen LogP contribution in [0.4, 0.5) is 5.82 Å². The van der Waals surface area contributed by atoms with Gasteiger partial charge in [-0.25, -0.2) is 4.79 Å². The monoisotopic (exact) mass is 229 g/mol. The summed E-state index contributed by atoms with van der Waals surface area (Å²) in [6, 6.07) is 1.39. The van der Waals surface area contributed by atoms with Gasteiger partial charge in [-0.3, -0.25) is 4.57 Å². The minimum Gasteiger partial charge on any atom is -0.394 e. The number of ether oxygens (including phenoxy) is 1. The molecule has 0 amide bonds. The van der Waals surface area contributed by atoms with Gasteiger partial charge in [0.15, 0.2) is 0 Å². The molecule has 1 aromatic heterocycles. The molecule has 0 aliphatic carbocycles. The first-order valence-corrected chi connectivity index (χ1v) is 4.69. The van der Waals surface area contributed by atoms with Crippen LogP contribution in [-0.2, 0) is 4.74 Å². The van der Waals surface area contributed by atoms with Crippen molar-refractivity contribution in [2.75, 3.05) is 12.3 Å². The first-order valence-electron chi connectivity index (χ1n) is 5.69. The Bertz CT molecular complexity index is 501. The molecule has 2 rings (SSSR count). The molecule has 0 spiro atoms. The number of hydrogen-bond acceptors (Lipinski definition) is 6. The number of aromatic nitrogens is 2. The van der Waals surface area contributed by atoms with Crippen molar-refractivity contribution in [3.05, 3.63) is 22.7 Å². The van der Waals surface area contributed by atoms with Gasteiger partial charge in [-0.05, 0) is 6.07 Å². The van der Waals surface area contributed by atoms with Gasteiger partial charge in [0.05, 0.1) is 15.4 Å². The van der Waals surface area contributed by atoms with Crippen molar-refractivity contribution < 1.29 is 17.7 Å². The minimum absolute atomic E-state index is 0.0176. The van der Waals surface area contributed by atoms with Crippen molar-refractivity contribution in [3.8, 4) is 0 Å². The fourth-order valence-corrected chi connectivity index (χ4v) is 1.59. The molecule has 0 saturated carbocycles. The smallest absolute Gasteiger partial charge is 0.351 e. The summed E-state index contributed by atoms with van der Waals surface area (Å²) in [6.07, 6.45) is -2.17. The van der Waals surface area contributed by atoms with E-state index in [2.05, 4.69) is 4.98 Å². The molecule has 2 heterocycles. The normalized spacial score (nSPS) is 32.2. The van der Waals surface area contributed by atoms with Crippen molar-refractivity contribution in [2.24, 2.45) is 0 Å². The maximum Gasteiger partial charge on any atom is 0.351 e. The van der Waals surface area contributed by atoms with Gasteiger partial charge in [0.2, 0.25) is 0 Å². The first-order chi connectivity index (χ1) is 8.29. The molecule has 7 heteroatoms. The van der Waals surface area contributed by atoms with Crippen LogP contribution in [0.5, 0.6) is 0 Å². The third-order valence-electron chi connectivity index (χ3n) is 2.39. The lowest BCUT2D eigenvalue weighted by Crippen LogP contribution is -2.27.